The average molecular weight is 321 g/mol. The normalized spacial score (nSPS) is 21.9. The van der Waals surface area contributed by atoms with Gasteiger partial charge in [-0.05, 0) is 23.8 Å². The van der Waals surface area contributed by atoms with Crippen molar-refractivity contribution in [2.75, 3.05) is 6.54 Å². The molecule has 2 aliphatic rings. The van der Waals surface area contributed by atoms with Crippen LogP contribution in [0.3, 0.4) is 0 Å². The lowest BCUT2D eigenvalue weighted by Crippen LogP contribution is -2.37. The minimum atomic E-state index is -0.192. The first kappa shape index (κ1) is 14.7. The third-order valence-electron chi connectivity index (χ3n) is 4.34. The maximum atomic E-state index is 11.4. The van der Waals surface area contributed by atoms with Crippen molar-refractivity contribution < 1.29 is 4.79 Å². The number of nitrogens with two attached hydrogens (primary N) is 1. The summed E-state index contributed by atoms with van der Waals surface area (Å²) in [7, 11) is 0. The Morgan fingerprint density at radius 1 is 1.33 bits per heavy atom. The highest BCUT2D eigenvalue weighted by molar-refractivity contribution is 5.92. The zero-order valence-electron chi connectivity index (χ0n) is 13.1. The van der Waals surface area contributed by atoms with Crippen LogP contribution >= 0.6 is 0 Å². The predicted octanol–water partition coefficient (Wildman–Crippen LogP) is 0.978. The van der Waals surface area contributed by atoms with Crippen LogP contribution in [-0.4, -0.2) is 35.4 Å². The van der Waals surface area contributed by atoms with Gasteiger partial charge in [0.15, 0.2) is 0 Å². The minimum absolute atomic E-state index is 0.0188. The molecule has 5 N–H and O–H groups in total. The van der Waals surface area contributed by atoms with Gasteiger partial charge in [0.2, 0.25) is 5.91 Å². The number of hydrogen-bond acceptors (Lipinski definition) is 4. The van der Waals surface area contributed by atoms with Gasteiger partial charge < -0.3 is 21.4 Å². The van der Waals surface area contributed by atoms with Crippen molar-refractivity contribution in [3.63, 3.8) is 0 Å². The lowest BCUT2D eigenvalue weighted by atomic mass is 10.0. The molecule has 0 spiro atoms. The number of fused-ring (bicyclic) bond motifs is 2. The van der Waals surface area contributed by atoms with Gasteiger partial charge in [0.05, 0.1) is 18.6 Å². The number of amides is 1. The molecule has 0 radical (unpaired) electrons. The molecule has 6 heteroatoms. The van der Waals surface area contributed by atoms with Crippen LogP contribution < -0.4 is 16.4 Å². The predicted molar refractivity (Wildman–Crippen MR) is 94.6 cm³/mol. The number of aromatic amines is 1. The number of aromatic nitrogens is 1. The van der Waals surface area contributed by atoms with Crippen LogP contribution in [0.15, 0.2) is 59.4 Å². The fraction of sp³-hybridized carbons (Fsp3) is 0.222. The first-order valence-corrected chi connectivity index (χ1v) is 8.01. The Morgan fingerprint density at radius 3 is 3.08 bits per heavy atom. The number of H-pyrrole nitrogens is 1. The van der Waals surface area contributed by atoms with Gasteiger partial charge in [-0.3, -0.25) is 9.79 Å². The summed E-state index contributed by atoms with van der Waals surface area (Å²) in [5.41, 5.74) is 8.46. The molecule has 1 aliphatic carbocycles. The first-order valence-electron chi connectivity index (χ1n) is 8.01. The number of amidine groups is 1. The minimum Gasteiger partial charge on any atom is -0.365 e. The SMILES string of the molecule is NCC(=O)NC1=CC2NC(Cc3c[nH]c4ccccc34)=NC2C=C1. The van der Waals surface area contributed by atoms with E-state index in [1.165, 1.54) is 10.9 Å². The molecule has 1 aromatic heterocycles. The summed E-state index contributed by atoms with van der Waals surface area (Å²) in [5.74, 6) is 0.768. The Bertz CT molecular complexity index is 876. The Kier molecular flexibility index (Phi) is 3.66. The summed E-state index contributed by atoms with van der Waals surface area (Å²) >= 11 is 0. The molecule has 0 saturated carbocycles. The van der Waals surface area contributed by atoms with Gasteiger partial charge in [-0.15, -0.1) is 0 Å². The van der Waals surface area contributed by atoms with Gasteiger partial charge in [-0.1, -0.05) is 24.3 Å². The lowest BCUT2D eigenvalue weighted by Gasteiger charge is -2.18. The van der Waals surface area contributed by atoms with Gasteiger partial charge in [0, 0.05) is 29.2 Å². The number of hydrogen-bond donors (Lipinski definition) is 4. The van der Waals surface area contributed by atoms with Crippen LogP contribution in [0.25, 0.3) is 10.9 Å². The fourth-order valence-electron chi connectivity index (χ4n) is 3.18. The molecule has 0 bridgehead atoms. The second-order valence-corrected chi connectivity index (χ2v) is 6.01. The van der Waals surface area contributed by atoms with Gasteiger partial charge in [-0.2, -0.15) is 0 Å². The average Bonchev–Trinajstić information content (AvgIpc) is 3.18. The van der Waals surface area contributed by atoms with Crippen LogP contribution in [-0.2, 0) is 11.2 Å². The molecule has 24 heavy (non-hydrogen) atoms. The number of benzene rings is 1. The first-order chi connectivity index (χ1) is 11.7. The van der Waals surface area contributed by atoms with Crippen LogP contribution in [0, 0.1) is 0 Å². The van der Waals surface area contributed by atoms with Crippen LogP contribution in [0.5, 0.6) is 0 Å². The van der Waals surface area contributed by atoms with E-state index in [9.17, 15) is 4.79 Å². The maximum absolute atomic E-state index is 11.4. The number of carbonyl (C=O) groups excluding carboxylic acids is 1. The van der Waals surface area contributed by atoms with E-state index in [1.54, 1.807) is 0 Å². The van der Waals surface area contributed by atoms with Crippen molar-refractivity contribution in [2.45, 2.75) is 18.5 Å². The number of aliphatic imine (C=N–C) groups is 1. The summed E-state index contributed by atoms with van der Waals surface area (Å²) in [5, 5.41) is 7.44. The molecule has 6 nitrogen and oxygen atoms in total. The summed E-state index contributed by atoms with van der Waals surface area (Å²) in [6.45, 7) is -0.0188. The van der Waals surface area contributed by atoms with Crippen LogP contribution in [0.4, 0.5) is 0 Å². The second-order valence-electron chi connectivity index (χ2n) is 6.01. The summed E-state index contributed by atoms with van der Waals surface area (Å²) < 4.78 is 0. The highest BCUT2D eigenvalue weighted by Crippen LogP contribution is 2.22. The zero-order chi connectivity index (χ0) is 16.5. The number of nitrogens with one attached hydrogen (secondary N) is 3. The molecule has 1 amide bonds. The quantitative estimate of drug-likeness (QED) is 0.676. The van der Waals surface area contributed by atoms with Crippen molar-refractivity contribution in [3.05, 3.63) is 60.0 Å². The molecule has 2 atom stereocenters. The number of rotatable bonds is 4. The van der Waals surface area contributed by atoms with E-state index in [0.717, 1.165) is 23.5 Å². The van der Waals surface area contributed by atoms with E-state index in [0.29, 0.717) is 0 Å². The van der Waals surface area contributed by atoms with Gasteiger partial charge in [-0.25, -0.2) is 0 Å². The number of nitrogens with zero attached hydrogens (tertiary/aromatic N) is 1. The third-order valence-corrected chi connectivity index (χ3v) is 4.34. The molecular weight excluding hydrogens is 302 g/mol. The van der Waals surface area contributed by atoms with Crippen LogP contribution in [0.1, 0.15) is 5.56 Å². The molecule has 0 saturated heterocycles. The third kappa shape index (κ3) is 2.72. The monoisotopic (exact) mass is 321 g/mol. The maximum Gasteiger partial charge on any atom is 0.238 e. The highest BCUT2D eigenvalue weighted by Gasteiger charge is 2.28. The Balaban J connectivity index is 1.48. The Morgan fingerprint density at radius 2 is 2.21 bits per heavy atom. The lowest BCUT2D eigenvalue weighted by molar-refractivity contribution is -0.118. The highest BCUT2D eigenvalue weighted by atomic mass is 16.1. The summed E-state index contributed by atoms with van der Waals surface area (Å²) in [4.78, 5) is 19.4. The standard InChI is InChI=1S/C18H19N5O/c19-9-18(24)21-12-5-6-15-16(8-12)23-17(22-15)7-11-10-20-14-4-2-1-3-13(11)14/h1-6,8,10,15-16,20H,7,9,19H2,(H,21,24)(H,22,23). The molecule has 1 aliphatic heterocycles. The number of carbonyl (C=O) groups is 1. The molecule has 2 heterocycles. The van der Waals surface area contributed by atoms with Crippen molar-refractivity contribution in [1.82, 2.24) is 15.6 Å². The van der Waals surface area contributed by atoms with E-state index in [4.69, 9.17) is 10.7 Å². The van der Waals surface area contributed by atoms with Crippen molar-refractivity contribution in [3.8, 4) is 0 Å². The van der Waals surface area contributed by atoms with E-state index < -0.39 is 0 Å². The van der Waals surface area contributed by atoms with E-state index in [2.05, 4.69) is 27.8 Å². The molecule has 2 aromatic rings. The number of allylic oxidation sites excluding steroid dienone is 1. The van der Waals surface area contributed by atoms with Gasteiger partial charge in [0.25, 0.3) is 0 Å². The van der Waals surface area contributed by atoms with Gasteiger partial charge >= 0.3 is 0 Å². The zero-order valence-corrected chi connectivity index (χ0v) is 13.1. The van der Waals surface area contributed by atoms with Crippen molar-refractivity contribution >= 4 is 22.6 Å². The molecule has 1 aromatic carbocycles. The smallest absolute Gasteiger partial charge is 0.238 e. The molecular formula is C18H19N5O. The Hall–Kier alpha value is -2.86. The Labute approximate surface area is 139 Å². The summed E-state index contributed by atoms with van der Waals surface area (Å²) in [6.07, 6.45) is 8.67. The number of para-hydroxylation sites is 1. The fourth-order valence-corrected chi connectivity index (χ4v) is 3.18. The van der Waals surface area contributed by atoms with Crippen molar-refractivity contribution in [2.24, 2.45) is 10.7 Å². The summed E-state index contributed by atoms with van der Waals surface area (Å²) in [6, 6.07) is 8.40. The van der Waals surface area contributed by atoms with Crippen LogP contribution in [0.2, 0.25) is 0 Å². The van der Waals surface area contributed by atoms with Gasteiger partial charge in [0.1, 0.15) is 5.84 Å². The second kappa shape index (κ2) is 5.98. The topological polar surface area (TPSA) is 95.3 Å². The molecule has 0 fully saturated rings. The van der Waals surface area contributed by atoms with E-state index >= 15 is 0 Å². The van der Waals surface area contributed by atoms with Crippen molar-refractivity contribution in [1.29, 1.82) is 0 Å². The largest absolute Gasteiger partial charge is 0.365 e. The molecule has 2 unspecified atom stereocenters. The van der Waals surface area contributed by atoms with E-state index in [1.807, 2.05) is 36.6 Å². The molecule has 122 valence electrons. The molecule has 4 rings (SSSR count). The van der Waals surface area contributed by atoms with E-state index in [-0.39, 0.29) is 24.5 Å².